The van der Waals surface area contributed by atoms with Crippen LogP contribution in [0.1, 0.15) is 19.3 Å². The monoisotopic (exact) mass is 172 g/mol. The highest BCUT2D eigenvalue weighted by Gasteiger charge is 2.17. The lowest BCUT2D eigenvalue weighted by molar-refractivity contribution is 0.200. The van der Waals surface area contributed by atoms with Crippen LogP contribution in [0.3, 0.4) is 0 Å². The molecule has 4 heteroatoms. The van der Waals surface area contributed by atoms with E-state index in [0.717, 1.165) is 25.8 Å². The van der Waals surface area contributed by atoms with Crippen LogP contribution in [0.5, 0.6) is 0 Å². The first kappa shape index (κ1) is 9.32. The van der Waals surface area contributed by atoms with Gasteiger partial charge in [-0.05, 0) is 25.2 Å². The summed E-state index contributed by atoms with van der Waals surface area (Å²) in [6.07, 6.45) is 2.83. The second-order valence-corrected chi connectivity index (χ2v) is 3.30. The van der Waals surface area contributed by atoms with Gasteiger partial charge in [0.25, 0.3) is 0 Å². The third kappa shape index (κ3) is 2.37. The Labute approximate surface area is 72.3 Å². The van der Waals surface area contributed by atoms with Gasteiger partial charge in [0.15, 0.2) is 0 Å². The summed E-state index contributed by atoms with van der Waals surface area (Å²) in [5, 5.41) is 8.91. The number of nitrogens with two attached hydrogens (primary N) is 1. The van der Waals surface area contributed by atoms with Crippen LogP contribution >= 0.6 is 0 Å². The van der Waals surface area contributed by atoms with E-state index in [1.807, 2.05) is 0 Å². The first-order valence-corrected chi connectivity index (χ1v) is 4.39. The van der Waals surface area contributed by atoms with Crippen LogP contribution in [0.2, 0.25) is 0 Å². The van der Waals surface area contributed by atoms with Crippen molar-refractivity contribution in [1.29, 1.82) is 0 Å². The molecule has 12 heavy (non-hydrogen) atoms. The summed E-state index contributed by atoms with van der Waals surface area (Å²) in [4.78, 5) is 12.4. The van der Waals surface area contributed by atoms with Gasteiger partial charge in [0, 0.05) is 19.7 Å². The fraction of sp³-hybridized carbons (Fsp3) is 0.875. The lowest BCUT2D eigenvalue weighted by Crippen LogP contribution is -2.36. The third-order valence-corrected chi connectivity index (χ3v) is 2.42. The van der Waals surface area contributed by atoms with E-state index in [0.29, 0.717) is 12.5 Å². The van der Waals surface area contributed by atoms with E-state index >= 15 is 0 Å². The van der Waals surface area contributed by atoms with E-state index in [-0.39, 0.29) is 12.6 Å². The zero-order valence-corrected chi connectivity index (χ0v) is 7.20. The summed E-state index contributed by atoms with van der Waals surface area (Å²) in [5.41, 5.74) is 5.15. The second kappa shape index (κ2) is 4.30. The SMILES string of the molecule is NC(=O)N1CCCC(CO)CC1. The van der Waals surface area contributed by atoms with Crippen molar-refractivity contribution in [2.45, 2.75) is 19.3 Å². The average Bonchev–Trinajstić information content (AvgIpc) is 2.28. The number of hydrogen-bond donors (Lipinski definition) is 2. The van der Waals surface area contributed by atoms with Crippen LogP contribution in [-0.4, -0.2) is 35.7 Å². The molecule has 0 bridgehead atoms. The number of amides is 2. The second-order valence-electron chi connectivity index (χ2n) is 3.30. The number of likely N-dealkylation sites (tertiary alicyclic amines) is 1. The first-order chi connectivity index (χ1) is 5.74. The molecule has 0 saturated carbocycles. The van der Waals surface area contributed by atoms with Crippen molar-refractivity contribution in [3.05, 3.63) is 0 Å². The molecule has 1 rings (SSSR count). The Bertz CT molecular complexity index is 161. The molecule has 0 spiro atoms. The van der Waals surface area contributed by atoms with Crippen molar-refractivity contribution in [1.82, 2.24) is 4.90 Å². The van der Waals surface area contributed by atoms with E-state index in [1.165, 1.54) is 0 Å². The van der Waals surface area contributed by atoms with Gasteiger partial charge in [-0.1, -0.05) is 0 Å². The molecular weight excluding hydrogens is 156 g/mol. The van der Waals surface area contributed by atoms with E-state index < -0.39 is 0 Å². The van der Waals surface area contributed by atoms with E-state index in [9.17, 15) is 4.79 Å². The molecule has 1 atom stereocenters. The van der Waals surface area contributed by atoms with Crippen LogP contribution in [0.25, 0.3) is 0 Å². The number of rotatable bonds is 1. The predicted octanol–water partition coefficient (Wildman–Crippen LogP) is 0.159. The minimum atomic E-state index is -0.339. The van der Waals surface area contributed by atoms with Gasteiger partial charge in [0.05, 0.1) is 0 Å². The Balaban J connectivity index is 2.39. The van der Waals surface area contributed by atoms with Crippen LogP contribution in [0, 0.1) is 5.92 Å². The summed E-state index contributed by atoms with van der Waals surface area (Å²) in [6, 6.07) is -0.339. The highest BCUT2D eigenvalue weighted by molar-refractivity contribution is 5.71. The number of urea groups is 1. The van der Waals surface area contributed by atoms with Gasteiger partial charge in [-0.2, -0.15) is 0 Å². The molecule has 0 aromatic carbocycles. The Morgan fingerprint density at radius 2 is 2.25 bits per heavy atom. The molecule has 1 fully saturated rings. The van der Waals surface area contributed by atoms with Crippen molar-refractivity contribution in [2.75, 3.05) is 19.7 Å². The quantitative estimate of drug-likeness (QED) is 0.591. The smallest absolute Gasteiger partial charge is 0.314 e. The van der Waals surface area contributed by atoms with Gasteiger partial charge in [-0.3, -0.25) is 0 Å². The zero-order valence-electron chi connectivity index (χ0n) is 7.20. The van der Waals surface area contributed by atoms with Crippen molar-refractivity contribution >= 4 is 6.03 Å². The molecule has 1 saturated heterocycles. The summed E-state index contributed by atoms with van der Waals surface area (Å²) in [5.74, 6) is 0.356. The first-order valence-electron chi connectivity index (χ1n) is 4.39. The maximum absolute atomic E-state index is 10.8. The number of primary amides is 1. The number of carbonyl (C=O) groups is 1. The Morgan fingerprint density at radius 1 is 1.50 bits per heavy atom. The molecule has 1 aliphatic heterocycles. The van der Waals surface area contributed by atoms with Crippen molar-refractivity contribution < 1.29 is 9.90 Å². The van der Waals surface area contributed by atoms with Gasteiger partial charge in [-0.15, -0.1) is 0 Å². The summed E-state index contributed by atoms with van der Waals surface area (Å²) >= 11 is 0. The van der Waals surface area contributed by atoms with Crippen LogP contribution in [-0.2, 0) is 0 Å². The van der Waals surface area contributed by atoms with Crippen LogP contribution < -0.4 is 5.73 Å². The molecule has 1 heterocycles. The van der Waals surface area contributed by atoms with Gasteiger partial charge >= 0.3 is 6.03 Å². The topological polar surface area (TPSA) is 66.6 Å². The Kier molecular flexibility index (Phi) is 3.34. The molecule has 0 aromatic rings. The Hall–Kier alpha value is -0.770. The Morgan fingerprint density at radius 3 is 2.83 bits per heavy atom. The molecule has 0 aliphatic carbocycles. The number of carbonyl (C=O) groups excluding carboxylic acids is 1. The molecule has 1 aliphatic rings. The molecule has 1 unspecified atom stereocenters. The van der Waals surface area contributed by atoms with E-state index in [4.69, 9.17) is 10.8 Å². The predicted molar refractivity (Wildman–Crippen MR) is 45.6 cm³/mol. The maximum Gasteiger partial charge on any atom is 0.314 e. The third-order valence-electron chi connectivity index (χ3n) is 2.42. The number of hydrogen-bond acceptors (Lipinski definition) is 2. The normalized spacial score (nSPS) is 25.1. The van der Waals surface area contributed by atoms with E-state index in [1.54, 1.807) is 4.90 Å². The zero-order chi connectivity index (χ0) is 8.97. The number of aliphatic hydroxyl groups is 1. The lowest BCUT2D eigenvalue weighted by Gasteiger charge is -2.16. The fourth-order valence-electron chi connectivity index (χ4n) is 1.57. The molecule has 3 N–H and O–H groups in total. The minimum Gasteiger partial charge on any atom is -0.396 e. The number of nitrogens with zero attached hydrogens (tertiary/aromatic N) is 1. The number of aliphatic hydroxyl groups excluding tert-OH is 1. The standard InChI is InChI=1S/C8H16N2O2/c9-8(12)10-4-1-2-7(6-11)3-5-10/h7,11H,1-6H2,(H2,9,12). The highest BCUT2D eigenvalue weighted by Crippen LogP contribution is 2.16. The van der Waals surface area contributed by atoms with E-state index in [2.05, 4.69) is 0 Å². The molecule has 0 radical (unpaired) electrons. The minimum absolute atomic E-state index is 0.229. The fourth-order valence-corrected chi connectivity index (χ4v) is 1.57. The molecule has 70 valence electrons. The summed E-state index contributed by atoms with van der Waals surface area (Å²) < 4.78 is 0. The van der Waals surface area contributed by atoms with Crippen LogP contribution in [0.4, 0.5) is 4.79 Å². The van der Waals surface area contributed by atoms with Crippen LogP contribution in [0.15, 0.2) is 0 Å². The largest absolute Gasteiger partial charge is 0.396 e. The van der Waals surface area contributed by atoms with Crippen molar-refractivity contribution in [3.8, 4) is 0 Å². The molecular formula is C8H16N2O2. The average molecular weight is 172 g/mol. The lowest BCUT2D eigenvalue weighted by atomic mass is 10.0. The maximum atomic E-state index is 10.8. The summed E-state index contributed by atoms with van der Waals surface area (Å²) in [6.45, 7) is 1.67. The molecule has 4 nitrogen and oxygen atoms in total. The van der Waals surface area contributed by atoms with Gasteiger partial charge in [0.2, 0.25) is 0 Å². The van der Waals surface area contributed by atoms with Crippen molar-refractivity contribution in [2.24, 2.45) is 11.7 Å². The van der Waals surface area contributed by atoms with Gasteiger partial charge < -0.3 is 15.7 Å². The highest BCUT2D eigenvalue weighted by atomic mass is 16.3. The molecule has 0 aromatic heterocycles. The molecule has 2 amide bonds. The summed E-state index contributed by atoms with van der Waals surface area (Å²) in [7, 11) is 0. The van der Waals surface area contributed by atoms with Gasteiger partial charge in [0.1, 0.15) is 0 Å². The van der Waals surface area contributed by atoms with Gasteiger partial charge in [-0.25, -0.2) is 4.79 Å². The van der Waals surface area contributed by atoms with Crippen molar-refractivity contribution in [3.63, 3.8) is 0 Å².